The first-order chi connectivity index (χ1) is 4.50. The highest BCUT2D eigenvalue weighted by molar-refractivity contribution is 7.89. The molecule has 3 nitrogen and oxygen atoms in total. The highest BCUT2D eigenvalue weighted by Gasteiger charge is 2.13. The van der Waals surface area contributed by atoms with E-state index in [9.17, 15) is 8.42 Å². The number of rotatable bonds is 4. The monoisotopic (exact) mass is 185 g/mol. The van der Waals surface area contributed by atoms with Crippen LogP contribution in [0, 0.1) is 0 Å². The molecule has 10 heavy (non-hydrogen) atoms. The highest BCUT2D eigenvalue weighted by Crippen LogP contribution is 2.03. The lowest BCUT2D eigenvalue weighted by Gasteiger charge is -2.06. The lowest BCUT2D eigenvalue weighted by atomic mass is 10.4. The average Bonchev–Trinajstić information content (AvgIpc) is 1.84. The van der Waals surface area contributed by atoms with Gasteiger partial charge in [0, 0.05) is 7.05 Å². The summed E-state index contributed by atoms with van der Waals surface area (Å²) in [7, 11) is -1.84. The minimum Gasteiger partial charge on any atom is -0.211 e. The van der Waals surface area contributed by atoms with Gasteiger partial charge in [0.25, 0.3) is 0 Å². The summed E-state index contributed by atoms with van der Waals surface area (Å²) in [5.74, 6) is 0.142. The van der Waals surface area contributed by atoms with Gasteiger partial charge < -0.3 is 0 Å². The molecule has 0 aliphatic rings. The molecule has 62 valence electrons. The quantitative estimate of drug-likeness (QED) is 0.618. The zero-order valence-corrected chi connectivity index (χ0v) is 7.74. The van der Waals surface area contributed by atoms with Gasteiger partial charge in [0.15, 0.2) is 0 Å². The van der Waals surface area contributed by atoms with Gasteiger partial charge in [0.05, 0.1) is 5.75 Å². The fraction of sp³-hybridized carbons (Fsp3) is 1.00. The van der Waals surface area contributed by atoms with Crippen LogP contribution in [-0.4, -0.2) is 25.0 Å². The Morgan fingerprint density at radius 1 is 1.50 bits per heavy atom. The summed E-state index contributed by atoms with van der Waals surface area (Å²) in [6, 6.07) is 0. The SMILES string of the molecule is CCCCS(=O)(=O)N(C)Cl. The standard InChI is InChI=1S/C5H12ClNO2S/c1-3-4-5-10(8,9)7(2)6/h3-5H2,1-2H3. The van der Waals surface area contributed by atoms with Crippen LogP contribution in [0.15, 0.2) is 0 Å². The van der Waals surface area contributed by atoms with E-state index in [1.165, 1.54) is 7.05 Å². The Hall–Kier alpha value is 0.200. The van der Waals surface area contributed by atoms with Crippen LogP contribution in [0.5, 0.6) is 0 Å². The topological polar surface area (TPSA) is 37.4 Å². The number of unbranched alkanes of at least 4 members (excludes halogenated alkanes) is 1. The molecular weight excluding hydrogens is 174 g/mol. The van der Waals surface area contributed by atoms with Crippen molar-refractivity contribution in [3.63, 3.8) is 0 Å². The normalized spacial score (nSPS) is 12.4. The van der Waals surface area contributed by atoms with E-state index >= 15 is 0 Å². The Labute approximate surface area is 67.1 Å². The Morgan fingerprint density at radius 2 is 2.00 bits per heavy atom. The summed E-state index contributed by atoms with van der Waals surface area (Å²) in [6.45, 7) is 1.93. The maximum Gasteiger partial charge on any atom is 0.227 e. The van der Waals surface area contributed by atoms with Gasteiger partial charge in [-0.25, -0.2) is 8.42 Å². The molecule has 0 saturated carbocycles. The first kappa shape index (κ1) is 10.2. The number of nitrogens with zero attached hydrogens (tertiary/aromatic N) is 1. The molecule has 0 bridgehead atoms. The molecule has 0 aliphatic carbocycles. The molecule has 5 heteroatoms. The van der Waals surface area contributed by atoms with Crippen molar-refractivity contribution in [1.82, 2.24) is 3.82 Å². The van der Waals surface area contributed by atoms with Gasteiger partial charge in [-0.3, -0.25) is 0 Å². The van der Waals surface area contributed by atoms with Crippen molar-refractivity contribution in [2.45, 2.75) is 19.8 Å². The third-order valence-electron chi connectivity index (χ3n) is 1.14. The van der Waals surface area contributed by atoms with Gasteiger partial charge in [-0.15, -0.1) is 3.82 Å². The van der Waals surface area contributed by atoms with E-state index in [2.05, 4.69) is 0 Å². The second kappa shape index (κ2) is 4.16. The van der Waals surface area contributed by atoms with Crippen LogP contribution in [-0.2, 0) is 10.0 Å². The third-order valence-corrected chi connectivity index (χ3v) is 3.34. The largest absolute Gasteiger partial charge is 0.227 e. The highest BCUT2D eigenvalue weighted by atomic mass is 35.5. The van der Waals surface area contributed by atoms with Crippen molar-refractivity contribution in [2.75, 3.05) is 12.8 Å². The fourth-order valence-electron chi connectivity index (χ4n) is 0.453. The van der Waals surface area contributed by atoms with Gasteiger partial charge in [-0.05, 0) is 18.2 Å². The molecule has 0 amide bonds. The van der Waals surface area contributed by atoms with Crippen molar-refractivity contribution in [1.29, 1.82) is 0 Å². The van der Waals surface area contributed by atoms with E-state index in [1.54, 1.807) is 0 Å². The molecule has 0 rings (SSSR count). The molecule has 0 aromatic carbocycles. The van der Waals surface area contributed by atoms with Crippen molar-refractivity contribution in [3.8, 4) is 0 Å². The van der Waals surface area contributed by atoms with Gasteiger partial charge >= 0.3 is 0 Å². The molecule has 0 fully saturated rings. The van der Waals surface area contributed by atoms with Crippen LogP contribution < -0.4 is 0 Å². The second-order valence-corrected chi connectivity index (χ2v) is 4.89. The Kier molecular flexibility index (Phi) is 4.24. The summed E-state index contributed by atoms with van der Waals surface area (Å²) in [6.07, 6.45) is 1.53. The van der Waals surface area contributed by atoms with Crippen LogP contribution >= 0.6 is 11.8 Å². The predicted octanol–water partition coefficient (Wildman–Crippen LogP) is 1.20. The summed E-state index contributed by atoms with van der Waals surface area (Å²) in [4.78, 5) is 0. The van der Waals surface area contributed by atoms with Gasteiger partial charge in [0.1, 0.15) is 0 Å². The first-order valence-electron chi connectivity index (χ1n) is 3.13. The summed E-state index contributed by atoms with van der Waals surface area (Å²) >= 11 is 5.25. The van der Waals surface area contributed by atoms with Gasteiger partial charge in [-0.2, -0.15) is 0 Å². The molecule has 0 aromatic heterocycles. The maximum absolute atomic E-state index is 10.9. The lowest BCUT2D eigenvalue weighted by Crippen LogP contribution is -2.20. The molecule has 0 N–H and O–H groups in total. The lowest BCUT2D eigenvalue weighted by molar-refractivity contribution is 0.558. The molecular formula is C5H12ClNO2S. The van der Waals surface area contributed by atoms with E-state index in [0.717, 1.165) is 10.2 Å². The molecule has 0 atom stereocenters. The number of halogens is 1. The fourth-order valence-corrected chi connectivity index (χ4v) is 1.56. The molecule has 0 spiro atoms. The minimum absolute atomic E-state index is 0.142. The van der Waals surface area contributed by atoms with Crippen LogP contribution in [0.1, 0.15) is 19.8 Å². The van der Waals surface area contributed by atoms with Crippen LogP contribution in [0.3, 0.4) is 0 Å². The Morgan fingerprint density at radius 3 is 2.30 bits per heavy atom. The molecule has 0 radical (unpaired) electrons. The Balaban J connectivity index is 3.90. The third kappa shape index (κ3) is 3.39. The van der Waals surface area contributed by atoms with Gasteiger partial charge in [-0.1, -0.05) is 13.3 Å². The molecule has 0 saturated heterocycles. The maximum atomic E-state index is 10.9. The van der Waals surface area contributed by atoms with Crippen molar-refractivity contribution in [2.24, 2.45) is 0 Å². The van der Waals surface area contributed by atoms with Crippen molar-refractivity contribution in [3.05, 3.63) is 0 Å². The second-order valence-electron chi connectivity index (χ2n) is 2.06. The van der Waals surface area contributed by atoms with Crippen molar-refractivity contribution >= 4 is 21.8 Å². The zero-order valence-electron chi connectivity index (χ0n) is 6.17. The number of sulfonamides is 1. The van der Waals surface area contributed by atoms with E-state index in [1.807, 2.05) is 6.92 Å². The summed E-state index contributed by atoms with van der Waals surface area (Å²) < 4.78 is 22.5. The molecule has 0 unspecified atom stereocenters. The Bertz CT molecular complexity index is 176. The van der Waals surface area contributed by atoms with Crippen LogP contribution in [0.2, 0.25) is 0 Å². The molecule has 0 aromatic rings. The predicted molar refractivity (Wildman–Crippen MR) is 42.3 cm³/mol. The first-order valence-corrected chi connectivity index (χ1v) is 5.08. The minimum atomic E-state index is -3.16. The van der Waals surface area contributed by atoms with E-state index in [0.29, 0.717) is 6.42 Å². The molecule has 0 aliphatic heterocycles. The molecule has 0 heterocycles. The van der Waals surface area contributed by atoms with E-state index in [4.69, 9.17) is 11.8 Å². The van der Waals surface area contributed by atoms with Crippen LogP contribution in [0.25, 0.3) is 0 Å². The van der Waals surface area contributed by atoms with E-state index < -0.39 is 10.0 Å². The van der Waals surface area contributed by atoms with Crippen molar-refractivity contribution < 1.29 is 8.42 Å². The van der Waals surface area contributed by atoms with E-state index in [-0.39, 0.29) is 5.75 Å². The number of hydrogen-bond donors (Lipinski definition) is 0. The zero-order chi connectivity index (χ0) is 8.20. The van der Waals surface area contributed by atoms with Gasteiger partial charge in [0.2, 0.25) is 10.0 Å². The average molecular weight is 186 g/mol. The number of hydrogen-bond acceptors (Lipinski definition) is 2. The smallest absolute Gasteiger partial charge is 0.211 e. The van der Waals surface area contributed by atoms with Crippen LogP contribution in [0.4, 0.5) is 0 Å². The summed E-state index contributed by atoms with van der Waals surface area (Å²) in [5.41, 5.74) is 0. The summed E-state index contributed by atoms with van der Waals surface area (Å²) in [5, 5.41) is 0.